The fourth-order valence-electron chi connectivity index (χ4n) is 3.23. The number of benzene rings is 3. The Kier molecular flexibility index (Phi) is 6.62. The summed E-state index contributed by atoms with van der Waals surface area (Å²) in [6.07, 6.45) is -13.4. The summed E-state index contributed by atoms with van der Waals surface area (Å²) in [6, 6.07) is 20.3. The van der Waals surface area contributed by atoms with E-state index in [1.54, 1.807) is 12.1 Å². The molecule has 0 aliphatic rings. The van der Waals surface area contributed by atoms with Gasteiger partial charge in [-0.2, -0.15) is 22.0 Å². The second-order valence-corrected chi connectivity index (χ2v) is 7.09. The molecule has 0 heterocycles. The molecule has 0 radical (unpaired) electrons. The molecule has 0 saturated heterocycles. The average molecular weight is 438 g/mol. The van der Waals surface area contributed by atoms with E-state index >= 15 is 0 Å². The zero-order chi connectivity index (χ0) is 22.6. The Morgan fingerprint density at radius 1 is 0.774 bits per heavy atom. The van der Waals surface area contributed by atoms with Crippen LogP contribution in [0.25, 0.3) is 22.3 Å². The highest BCUT2D eigenvalue weighted by Crippen LogP contribution is 2.40. The van der Waals surface area contributed by atoms with Gasteiger partial charge in [0, 0.05) is 0 Å². The van der Waals surface area contributed by atoms with Crippen LogP contribution in [0, 0.1) is 0 Å². The summed E-state index contributed by atoms with van der Waals surface area (Å²) in [5.74, 6) is -0.566. The summed E-state index contributed by atoms with van der Waals surface area (Å²) in [6.45, 7) is 2.04. The monoisotopic (exact) mass is 438 g/mol. The van der Waals surface area contributed by atoms with Gasteiger partial charge in [-0.1, -0.05) is 74.0 Å². The van der Waals surface area contributed by atoms with Crippen LogP contribution in [0.4, 0.5) is 26.3 Å². The molecule has 0 aliphatic carbocycles. The van der Waals surface area contributed by atoms with Crippen molar-refractivity contribution in [2.45, 2.75) is 38.2 Å². The van der Waals surface area contributed by atoms with E-state index in [4.69, 9.17) is 0 Å². The number of alkyl halides is 6. The van der Waals surface area contributed by atoms with Crippen LogP contribution in [-0.4, -0.2) is 18.5 Å². The van der Waals surface area contributed by atoms with E-state index in [2.05, 4.69) is 4.74 Å². The lowest BCUT2D eigenvalue weighted by Crippen LogP contribution is -2.45. The Balaban J connectivity index is 2.03. The quantitative estimate of drug-likeness (QED) is 0.341. The van der Waals surface area contributed by atoms with Gasteiger partial charge < -0.3 is 4.74 Å². The van der Waals surface area contributed by atoms with E-state index in [1.807, 2.05) is 49.4 Å². The van der Waals surface area contributed by atoms with Gasteiger partial charge in [-0.25, -0.2) is 4.39 Å². The molecule has 0 saturated carbocycles. The maximum Gasteiger partial charge on any atom is 0.439 e. The summed E-state index contributed by atoms with van der Waals surface area (Å²) < 4.78 is 82.3. The molecule has 3 aromatic carbocycles. The molecule has 0 N–H and O–H groups in total. The SMILES string of the molecule is CCCc1ccc(-c2cc(OC(F)(F)C(F)C(F)(F)F)ccc2-c2ccccc2)cc1. The van der Waals surface area contributed by atoms with Crippen molar-refractivity contribution < 1.29 is 31.1 Å². The predicted octanol–water partition coefficient (Wildman–Crippen LogP) is 7.85. The molecule has 0 spiro atoms. The van der Waals surface area contributed by atoms with Crippen molar-refractivity contribution in [1.29, 1.82) is 0 Å². The second kappa shape index (κ2) is 9.04. The second-order valence-electron chi connectivity index (χ2n) is 7.09. The van der Waals surface area contributed by atoms with Gasteiger partial charge in [-0.05, 0) is 46.4 Å². The number of halogens is 6. The van der Waals surface area contributed by atoms with E-state index in [-0.39, 0.29) is 0 Å². The Hall–Kier alpha value is -2.96. The summed E-state index contributed by atoms with van der Waals surface area (Å²) in [5.41, 5.74) is 3.70. The van der Waals surface area contributed by atoms with Gasteiger partial charge in [-0.3, -0.25) is 0 Å². The molecule has 31 heavy (non-hydrogen) atoms. The van der Waals surface area contributed by atoms with E-state index in [1.165, 1.54) is 12.1 Å². The number of aryl methyl sites for hydroxylation is 1. The Bertz CT molecular complexity index is 997. The molecule has 0 bridgehead atoms. The third-order valence-electron chi connectivity index (χ3n) is 4.72. The molecule has 3 aromatic rings. The average Bonchev–Trinajstić information content (AvgIpc) is 2.74. The van der Waals surface area contributed by atoms with Gasteiger partial charge in [0.05, 0.1) is 0 Å². The topological polar surface area (TPSA) is 9.23 Å². The van der Waals surface area contributed by atoms with Crippen LogP contribution in [0.1, 0.15) is 18.9 Å². The molecular weight excluding hydrogens is 418 g/mol. The third kappa shape index (κ3) is 5.40. The van der Waals surface area contributed by atoms with Crippen molar-refractivity contribution >= 4 is 0 Å². The van der Waals surface area contributed by atoms with Crippen LogP contribution in [0.3, 0.4) is 0 Å². The van der Waals surface area contributed by atoms with Crippen molar-refractivity contribution in [2.24, 2.45) is 0 Å². The lowest BCUT2D eigenvalue weighted by molar-refractivity contribution is -0.304. The lowest BCUT2D eigenvalue weighted by Gasteiger charge is -2.23. The standard InChI is InChI=1S/C24H20F6O/c1-2-6-16-9-11-18(12-10-16)21-15-19(31-24(29,30)22(25)23(26,27)28)13-14-20(21)17-7-4-3-5-8-17/h3-5,7-15,22H,2,6H2,1H3. The first-order valence-corrected chi connectivity index (χ1v) is 9.68. The Morgan fingerprint density at radius 3 is 1.97 bits per heavy atom. The minimum absolute atomic E-state index is 0.477. The Labute approximate surface area is 176 Å². The van der Waals surface area contributed by atoms with Crippen LogP contribution < -0.4 is 4.74 Å². The van der Waals surface area contributed by atoms with E-state index < -0.39 is 24.2 Å². The van der Waals surface area contributed by atoms with Crippen molar-refractivity contribution in [3.05, 3.63) is 78.4 Å². The van der Waals surface area contributed by atoms with E-state index in [9.17, 15) is 26.3 Å². The van der Waals surface area contributed by atoms with Crippen LogP contribution in [0.2, 0.25) is 0 Å². The summed E-state index contributed by atoms with van der Waals surface area (Å²) in [4.78, 5) is 0. The maximum absolute atomic E-state index is 13.8. The molecule has 0 aromatic heterocycles. The third-order valence-corrected chi connectivity index (χ3v) is 4.72. The number of ether oxygens (including phenoxy) is 1. The zero-order valence-electron chi connectivity index (χ0n) is 16.6. The molecule has 7 heteroatoms. The molecule has 0 aliphatic heterocycles. The van der Waals surface area contributed by atoms with Crippen LogP contribution in [0.15, 0.2) is 72.8 Å². The van der Waals surface area contributed by atoms with Crippen LogP contribution in [-0.2, 0) is 6.42 Å². The minimum Gasteiger partial charge on any atom is -0.430 e. The van der Waals surface area contributed by atoms with Gasteiger partial charge in [-0.15, -0.1) is 0 Å². The largest absolute Gasteiger partial charge is 0.439 e. The fraction of sp³-hybridized carbons (Fsp3) is 0.250. The highest BCUT2D eigenvalue weighted by Gasteiger charge is 2.59. The van der Waals surface area contributed by atoms with Gasteiger partial charge in [0.15, 0.2) is 0 Å². The van der Waals surface area contributed by atoms with Crippen molar-refractivity contribution in [2.75, 3.05) is 0 Å². The number of rotatable bonds is 7. The summed E-state index contributed by atoms with van der Waals surface area (Å²) >= 11 is 0. The molecule has 0 amide bonds. The molecule has 1 nitrogen and oxygen atoms in total. The fourth-order valence-corrected chi connectivity index (χ4v) is 3.23. The lowest BCUT2D eigenvalue weighted by atomic mass is 9.93. The van der Waals surface area contributed by atoms with Crippen LogP contribution >= 0.6 is 0 Å². The van der Waals surface area contributed by atoms with Crippen molar-refractivity contribution in [3.8, 4) is 28.0 Å². The van der Waals surface area contributed by atoms with Crippen LogP contribution in [0.5, 0.6) is 5.75 Å². The molecule has 1 atom stereocenters. The summed E-state index contributed by atoms with van der Waals surface area (Å²) in [7, 11) is 0. The summed E-state index contributed by atoms with van der Waals surface area (Å²) in [5, 5.41) is 0. The molecule has 1 unspecified atom stereocenters. The molecule has 3 rings (SSSR count). The minimum atomic E-state index is -5.74. The first-order chi connectivity index (χ1) is 14.6. The maximum atomic E-state index is 13.8. The van der Waals surface area contributed by atoms with Gasteiger partial charge >= 0.3 is 12.3 Å². The first-order valence-electron chi connectivity index (χ1n) is 9.68. The van der Waals surface area contributed by atoms with Gasteiger partial charge in [0.25, 0.3) is 6.17 Å². The van der Waals surface area contributed by atoms with Gasteiger partial charge in [0.1, 0.15) is 5.75 Å². The zero-order valence-corrected chi connectivity index (χ0v) is 16.6. The number of hydrogen-bond acceptors (Lipinski definition) is 1. The first kappa shape index (κ1) is 22.7. The predicted molar refractivity (Wildman–Crippen MR) is 108 cm³/mol. The highest BCUT2D eigenvalue weighted by molar-refractivity contribution is 5.84. The molecular formula is C24H20F6O. The molecule has 0 fully saturated rings. The Morgan fingerprint density at radius 2 is 1.39 bits per heavy atom. The highest BCUT2D eigenvalue weighted by atomic mass is 19.4. The van der Waals surface area contributed by atoms with E-state index in [0.717, 1.165) is 30.0 Å². The van der Waals surface area contributed by atoms with Crippen molar-refractivity contribution in [1.82, 2.24) is 0 Å². The molecule has 164 valence electrons. The number of hydrogen-bond donors (Lipinski definition) is 0. The van der Waals surface area contributed by atoms with Gasteiger partial charge in [0.2, 0.25) is 0 Å². The smallest absolute Gasteiger partial charge is 0.430 e. The van der Waals surface area contributed by atoms with Crippen molar-refractivity contribution in [3.63, 3.8) is 0 Å². The van der Waals surface area contributed by atoms with E-state index in [0.29, 0.717) is 16.7 Å². The normalized spacial score (nSPS) is 13.1.